The van der Waals surface area contributed by atoms with Crippen LogP contribution in [0.1, 0.15) is 16.1 Å². The number of ether oxygens (including phenoxy) is 1. The van der Waals surface area contributed by atoms with Gasteiger partial charge in [0.05, 0.1) is 18.3 Å². The van der Waals surface area contributed by atoms with E-state index in [0.717, 1.165) is 5.39 Å². The number of furan rings is 1. The summed E-state index contributed by atoms with van der Waals surface area (Å²) in [6.07, 6.45) is 1.49. The molecule has 0 unspecified atom stereocenters. The highest BCUT2D eigenvalue weighted by atomic mass is 19.1. The third kappa shape index (κ3) is 5.12. The minimum atomic E-state index is -0.389. The van der Waals surface area contributed by atoms with Crippen molar-refractivity contribution in [2.24, 2.45) is 0 Å². The van der Waals surface area contributed by atoms with E-state index in [-0.39, 0.29) is 23.9 Å². The first-order chi connectivity index (χ1) is 17.1. The van der Waals surface area contributed by atoms with Gasteiger partial charge in [0.25, 0.3) is 11.5 Å². The summed E-state index contributed by atoms with van der Waals surface area (Å²) in [7, 11) is 0. The molecule has 180 valence electrons. The average molecular weight is 476 g/mol. The first-order valence-corrected chi connectivity index (χ1v) is 11.6. The Labute approximate surface area is 201 Å². The highest BCUT2D eigenvalue weighted by molar-refractivity contribution is 5.91. The number of aromatic nitrogens is 1. The zero-order valence-electron chi connectivity index (χ0n) is 19.2. The Bertz CT molecular complexity index is 1360. The van der Waals surface area contributed by atoms with Gasteiger partial charge in [0.1, 0.15) is 18.2 Å². The van der Waals surface area contributed by atoms with E-state index in [0.29, 0.717) is 61.9 Å². The molecule has 0 aliphatic carbocycles. The molecule has 1 aliphatic rings. The lowest BCUT2D eigenvalue weighted by Gasteiger charge is -2.34. The summed E-state index contributed by atoms with van der Waals surface area (Å²) in [5.74, 6) is 0.540. The topological polar surface area (TPSA) is 67.9 Å². The molecule has 35 heavy (non-hydrogen) atoms. The monoisotopic (exact) mass is 475 g/mol. The molecule has 5 rings (SSSR count). The fourth-order valence-electron chi connectivity index (χ4n) is 4.42. The molecule has 0 bridgehead atoms. The highest BCUT2D eigenvalue weighted by Crippen LogP contribution is 2.18. The van der Waals surface area contributed by atoms with Crippen LogP contribution < -0.4 is 10.3 Å². The van der Waals surface area contributed by atoms with Gasteiger partial charge in [0, 0.05) is 38.3 Å². The van der Waals surface area contributed by atoms with Crippen LogP contribution in [0.15, 0.2) is 82.2 Å². The second-order valence-corrected chi connectivity index (χ2v) is 8.54. The van der Waals surface area contributed by atoms with Crippen molar-refractivity contribution in [1.82, 2.24) is 14.4 Å². The van der Waals surface area contributed by atoms with E-state index in [4.69, 9.17) is 9.15 Å². The molecule has 0 spiro atoms. The standard InChI is InChI=1S/C27H26FN3O4/c28-22-9-8-20-17-21(19-29-10-12-30(13-11-29)27(33)25-7-4-15-35-25)26(32)31(24(20)18-22)14-16-34-23-5-2-1-3-6-23/h1-9,15,17-18H,10-14,16,19H2. The van der Waals surface area contributed by atoms with Crippen molar-refractivity contribution in [3.05, 3.63) is 100 Å². The van der Waals surface area contributed by atoms with Gasteiger partial charge in [0.15, 0.2) is 5.76 Å². The second kappa shape index (κ2) is 10.1. The number of fused-ring (bicyclic) bond motifs is 1. The Morgan fingerprint density at radius 3 is 2.51 bits per heavy atom. The number of carbonyl (C=O) groups excluding carboxylic acids is 1. The van der Waals surface area contributed by atoms with Crippen molar-refractivity contribution in [1.29, 1.82) is 0 Å². The Morgan fingerprint density at radius 2 is 1.77 bits per heavy atom. The number of para-hydroxylation sites is 1. The maximum absolute atomic E-state index is 14.0. The summed E-state index contributed by atoms with van der Waals surface area (Å²) in [6.45, 7) is 3.43. The molecule has 0 N–H and O–H groups in total. The number of amides is 1. The van der Waals surface area contributed by atoms with Crippen LogP contribution in [-0.2, 0) is 13.1 Å². The van der Waals surface area contributed by atoms with Crippen molar-refractivity contribution in [2.45, 2.75) is 13.1 Å². The van der Waals surface area contributed by atoms with E-state index in [2.05, 4.69) is 4.90 Å². The van der Waals surface area contributed by atoms with Crippen molar-refractivity contribution < 1.29 is 18.3 Å². The van der Waals surface area contributed by atoms with E-state index in [9.17, 15) is 14.0 Å². The third-order valence-electron chi connectivity index (χ3n) is 6.25. The second-order valence-electron chi connectivity index (χ2n) is 8.54. The molecule has 1 amide bonds. The number of piperazine rings is 1. The normalized spacial score (nSPS) is 14.4. The molecule has 7 nitrogen and oxygen atoms in total. The Hall–Kier alpha value is -3.91. The minimum absolute atomic E-state index is 0.122. The summed E-state index contributed by atoms with van der Waals surface area (Å²) in [6, 6.07) is 19.1. The predicted molar refractivity (Wildman–Crippen MR) is 130 cm³/mol. The molecule has 0 radical (unpaired) electrons. The summed E-state index contributed by atoms with van der Waals surface area (Å²) < 4.78 is 26.6. The number of hydrogen-bond donors (Lipinski definition) is 0. The number of halogens is 1. The van der Waals surface area contributed by atoms with E-state index in [1.807, 2.05) is 36.4 Å². The maximum Gasteiger partial charge on any atom is 0.289 e. The van der Waals surface area contributed by atoms with Gasteiger partial charge in [-0.1, -0.05) is 18.2 Å². The quantitative estimate of drug-likeness (QED) is 0.407. The molecule has 1 saturated heterocycles. The molecule has 1 fully saturated rings. The lowest BCUT2D eigenvalue weighted by molar-refractivity contribution is 0.0597. The number of nitrogens with zero attached hydrogens (tertiary/aromatic N) is 3. The van der Waals surface area contributed by atoms with Gasteiger partial charge >= 0.3 is 0 Å². The van der Waals surface area contributed by atoms with E-state index >= 15 is 0 Å². The van der Waals surface area contributed by atoms with Crippen LogP contribution >= 0.6 is 0 Å². The van der Waals surface area contributed by atoms with Crippen LogP contribution in [0.5, 0.6) is 5.75 Å². The molecule has 8 heteroatoms. The van der Waals surface area contributed by atoms with Crippen molar-refractivity contribution in [2.75, 3.05) is 32.8 Å². The smallest absolute Gasteiger partial charge is 0.289 e. The molecule has 0 atom stereocenters. The Kier molecular flexibility index (Phi) is 6.63. The molecular weight excluding hydrogens is 449 g/mol. The van der Waals surface area contributed by atoms with E-state index < -0.39 is 0 Å². The first-order valence-electron chi connectivity index (χ1n) is 11.6. The average Bonchev–Trinajstić information content (AvgIpc) is 3.42. The number of pyridine rings is 1. The summed E-state index contributed by atoms with van der Waals surface area (Å²) in [4.78, 5) is 29.9. The van der Waals surface area contributed by atoms with Gasteiger partial charge in [-0.2, -0.15) is 0 Å². The van der Waals surface area contributed by atoms with Crippen LogP contribution in [0.25, 0.3) is 10.9 Å². The minimum Gasteiger partial charge on any atom is -0.492 e. The Morgan fingerprint density at radius 1 is 0.971 bits per heavy atom. The molecule has 1 aliphatic heterocycles. The molecule has 2 aromatic carbocycles. The molecule has 2 aromatic heterocycles. The fourth-order valence-corrected chi connectivity index (χ4v) is 4.42. The van der Waals surface area contributed by atoms with Crippen LogP contribution in [0.3, 0.4) is 0 Å². The van der Waals surface area contributed by atoms with Gasteiger partial charge in [0.2, 0.25) is 0 Å². The van der Waals surface area contributed by atoms with Gasteiger partial charge in [-0.05, 0) is 53.9 Å². The lowest BCUT2D eigenvalue weighted by atomic mass is 10.1. The zero-order valence-corrected chi connectivity index (χ0v) is 19.2. The van der Waals surface area contributed by atoms with Crippen LogP contribution in [0, 0.1) is 5.82 Å². The summed E-state index contributed by atoms with van der Waals surface area (Å²) in [5.41, 5.74) is 1.02. The van der Waals surface area contributed by atoms with Crippen molar-refractivity contribution >= 4 is 16.8 Å². The first kappa shape index (κ1) is 22.9. The Balaban J connectivity index is 1.32. The lowest BCUT2D eigenvalue weighted by Crippen LogP contribution is -2.48. The predicted octanol–water partition coefficient (Wildman–Crippen LogP) is 3.77. The van der Waals surface area contributed by atoms with E-state index in [1.165, 1.54) is 18.4 Å². The zero-order chi connectivity index (χ0) is 24.2. The van der Waals surface area contributed by atoms with Gasteiger partial charge < -0.3 is 18.6 Å². The van der Waals surface area contributed by atoms with Crippen LogP contribution in [0.2, 0.25) is 0 Å². The summed E-state index contributed by atoms with van der Waals surface area (Å²) in [5, 5.41) is 0.798. The molecule has 3 heterocycles. The molecule has 4 aromatic rings. The number of rotatable bonds is 7. The van der Waals surface area contributed by atoms with Crippen LogP contribution in [-0.4, -0.2) is 53.1 Å². The van der Waals surface area contributed by atoms with Gasteiger partial charge in [-0.3, -0.25) is 14.5 Å². The highest BCUT2D eigenvalue weighted by Gasteiger charge is 2.24. The van der Waals surface area contributed by atoms with Crippen molar-refractivity contribution in [3.8, 4) is 5.75 Å². The maximum atomic E-state index is 14.0. The van der Waals surface area contributed by atoms with Gasteiger partial charge in [-0.25, -0.2) is 4.39 Å². The largest absolute Gasteiger partial charge is 0.492 e. The molecular formula is C27H26FN3O4. The fraction of sp³-hybridized carbons (Fsp3) is 0.259. The van der Waals surface area contributed by atoms with E-state index in [1.54, 1.807) is 27.7 Å². The SMILES string of the molecule is O=C(c1ccco1)N1CCN(Cc2cc3ccc(F)cc3n(CCOc3ccccc3)c2=O)CC1. The van der Waals surface area contributed by atoms with Crippen LogP contribution in [0.4, 0.5) is 4.39 Å². The number of benzene rings is 2. The van der Waals surface area contributed by atoms with Gasteiger partial charge in [-0.15, -0.1) is 0 Å². The molecule has 0 saturated carbocycles. The summed E-state index contributed by atoms with van der Waals surface area (Å²) >= 11 is 0. The number of carbonyl (C=O) groups is 1. The van der Waals surface area contributed by atoms with Crippen molar-refractivity contribution in [3.63, 3.8) is 0 Å². The third-order valence-corrected chi connectivity index (χ3v) is 6.25. The number of hydrogen-bond acceptors (Lipinski definition) is 5.